The molecular weight excluding hydrogens is 444 g/mol. The molecule has 3 rings (SSSR count). The van der Waals surface area contributed by atoms with E-state index in [2.05, 4.69) is 64.3 Å². The molecule has 1 aliphatic rings. The molecule has 0 aromatic heterocycles. The molecule has 0 bridgehead atoms. The lowest BCUT2D eigenvalue weighted by atomic mass is 9.71. The van der Waals surface area contributed by atoms with Crippen molar-refractivity contribution < 1.29 is 14.6 Å². The van der Waals surface area contributed by atoms with Crippen molar-refractivity contribution in [1.82, 2.24) is 0 Å². The average Bonchev–Trinajstić information content (AvgIpc) is 2.88. The quantitative estimate of drug-likeness (QED) is 0.238. The van der Waals surface area contributed by atoms with Crippen molar-refractivity contribution in [3.63, 3.8) is 0 Å². The van der Waals surface area contributed by atoms with Crippen LogP contribution in [0.2, 0.25) is 0 Å². The number of benzene rings is 2. The Hall–Kier alpha value is -2.39. The Morgan fingerprint density at radius 1 is 1.08 bits per heavy atom. The van der Waals surface area contributed by atoms with Crippen LogP contribution in [0, 0.1) is 5.92 Å². The highest BCUT2D eigenvalue weighted by atomic mass is 16.5. The molecule has 36 heavy (non-hydrogen) atoms. The van der Waals surface area contributed by atoms with E-state index in [1.165, 1.54) is 31.2 Å². The number of aliphatic hydroxyl groups is 1. The third kappa shape index (κ3) is 8.92. The minimum absolute atomic E-state index is 0.0680. The molecule has 3 atom stereocenters. The number of Topliss-reactive ketones (excluding diaryl/α,β-unsaturated/α-hetero) is 1. The molecule has 3 nitrogen and oxygen atoms in total. The maximum atomic E-state index is 12.5. The zero-order chi connectivity index (χ0) is 26.6. The average molecular weight is 493 g/mol. The highest BCUT2D eigenvalue weighted by Crippen LogP contribution is 2.44. The number of carbonyl (C=O) groups is 1. The summed E-state index contributed by atoms with van der Waals surface area (Å²) in [6, 6.07) is 17.0. The van der Waals surface area contributed by atoms with Gasteiger partial charge in [-0.15, -0.1) is 13.2 Å². The van der Waals surface area contributed by atoms with Gasteiger partial charge in [-0.25, -0.2) is 0 Å². The van der Waals surface area contributed by atoms with Gasteiger partial charge in [0.2, 0.25) is 0 Å². The molecule has 0 amide bonds. The van der Waals surface area contributed by atoms with Crippen LogP contribution in [0.1, 0.15) is 108 Å². The third-order valence-electron chi connectivity index (χ3n) is 7.54. The molecular formula is C33H48O3. The summed E-state index contributed by atoms with van der Waals surface area (Å²) in [6.07, 6.45) is 8.57. The van der Waals surface area contributed by atoms with E-state index in [4.69, 9.17) is 4.74 Å². The second-order valence-electron chi connectivity index (χ2n) is 11.0. The van der Waals surface area contributed by atoms with Crippen LogP contribution in [0.3, 0.4) is 0 Å². The molecule has 1 saturated carbocycles. The molecule has 0 aliphatic heterocycles. The number of carbonyl (C=O) groups excluding carboxylic acids is 1. The zero-order valence-corrected chi connectivity index (χ0v) is 23.1. The normalized spacial score (nSPS) is 18.8. The second kappa shape index (κ2) is 15.0. The van der Waals surface area contributed by atoms with Crippen LogP contribution < -0.4 is 4.74 Å². The predicted octanol–water partition coefficient (Wildman–Crippen LogP) is 8.54. The standard InChI is InChI=1S/C31H44O3.C2H4/c1-5-6-7-11-18-31(3,4)26-15-17-28(29-21-27(33)16-14-25(29)19-23(2)32)30(20-26)34-22-24-12-9-8-10-13-24;1-2/h8-10,12-13,15,17,20,23,25,29,32H,5-7,11,14,16,18-19,21-22H2,1-4H3;1-2H2/t23?,25-,29+;/m1./s1. The first kappa shape index (κ1) is 29.8. The molecule has 1 N–H and O–H groups in total. The minimum Gasteiger partial charge on any atom is -0.489 e. The molecule has 1 fully saturated rings. The molecule has 2 aromatic rings. The fraction of sp³-hybridized carbons (Fsp3) is 0.545. The SMILES string of the molecule is C=C.CCCCCCC(C)(C)c1ccc([C@H]2CC(=O)CC[C@@H]2CC(C)O)c(OCc2ccccc2)c1. The fourth-order valence-corrected chi connectivity index (χ4v) is 5.41. The largest absolute Gasteiger partial charge is 0.489 e. The number of ether oxygens (including phenoxy) is 1. The lowest BCUT2D eigenvalue weighted by molar-refractivity contribution is -0.121. The van der Waals surface area contributed by atoms with Crippen molar-refractivity contribution in [2.24, 2.45) is 5.92 Å². The summed E-state index contributed by atoms with van der Waals surface area (Å²) in [5, 5.41) is 10.1. The summed E-state index contributed by atoms with van der Waals surface area (Å²) < 4.78 is 6.47. The number of unbranched alkanes of at least 4 members (excludes halogenated alkanes) is 3. The van der Waals surface area contributed by atoms with Gasteiger partial charge in [0.15, 0.2) is 0 Å². The van der Waals surface area contributed by atoms with E-state index < -0.39 is 0 Å². The van der Waals surface area contributed by atoms with Gasteiger partial charge in [-0.2, -0.15) is 0 Å². The Kier molecular flexibility index (Phi) is 12.4. The smallest absolute Gasteiger partial charge is 0.133 e. The zero-order valence-electron chi connectivity index (χ0n) is 23.1. The lowest BCUT2D eigenvalue weighted by Gasteiger charge is -2.34. The van der Waals surface area contributed by atoms with E-state index in [-0.39, 0.29) is 17.4 Å². The van der Waals surface area contributed by atoms with Crippen LogP contribution >= 0.6 is 0 Å². The van der Waals surface area contributed by atoms with E-state index in [0.717, 1.165) is 36.1 Å². The van der Waals surface area contributed by atoms with Crippen molar-refractivity contribution in [2.45, 2.75) is 110 Å². The fourth-order valence-electron chi connectivity index (χ4n) is 5.41. The van der Waals surface area contributed by atoms with E-state index >= 15 is 0 Å². The molecule has 0 spiro atoms. The molecule has 0 saturated heterocycles. The Bertz CT molecular complexity index is 916. The van der Waals surface area contributed by atoms with Gasteiger partial charge in [0, 0.05) is 12.8 Å². The summed E-state index contributed by atoms with van der Waals surface area (Å²) in [7, 11) is 0. The van der Waals surface area contributed by atoms with Crippen molar-refractivity contribution in [3.8, 4) is 5.75 Å². The van der Waals surface area contributed by atoms with Gasteiger partial charge in [-0.1, -0.05) is 88.9 Å². The van der Waals surface area contributed by atoms with Crippen molar-refractivity contribution in [1.29, 1.82) is 0 Å². The van der Waals surface area contributed by atoms with E-state index in [0.29, 0.717) is 31.1 Å². The molecule has 198 valence electrons. The summed E-state index contributed by atoms with van der Waals surface area (Å²) in [5.41, 5.74) is 3.63. The number of hydrogen-bond donors (Lipinski definition) is 1. The van der Waals surface area contributed by atoms with Crippen molar-refractivity contribution in [3.05, 3.63) is 78.4 Å². The van der Waals surface area contributed by atoms with Gasteiger partial charge < -0.3 is 9.84 Å². The van der Waals surface area contributed by atoms with E-state index in [1.807, 2.05) is 25.1 Å². The predicted molar refractivity (Wildman–Crippen MR) is 152 cm³/mol. The van der Waals surface area contributed by atoms with Crippen LogP contribution in [0.4, 0.5) is 0 Å². The van der Waals surface area contributed by atoms with Crippen LogP contribution in [0.25, 0.3) is 0 Å². The highest BCUT2D eigenvalue weighted by molar-refractivity contribution is 5.80. The van der Waals surface area contributed by atoms with Gasteiger partial charge in [-0.05, 0) is 66.2 Å². The summed E-state index contributed by atoms with van der Waals surface area (Å²) in [6.45, 7) is 15.3. The van der Waals surface area contributed by atoms with Gasteiger partial charge in [0.25, 0.3) is 0 Å². The number of aliphatic hydroxyl groups excluding tert-OH is 1. The molecule has 0 radical (unpaired) electrons. The number of rotatable bonds is 12. The molecule has 1 unspecified atom stereocenters. The van der Waals surface area contributed by atoms with Crippen molar-refractivity contribution in [2.75, 3.05) is 0 Å². The Labute approximate surface area is 220 Å². The third-order valence-corrected chi connectivity index (χ3v) is 7.54. The molecule has 1 aliphatic carbocycles. The van der Waals surface area contributed by atoms with Crippen LogP contribution in [0.15, 0.2) is 61.7 Å². The number of ketones is 1. The Morgan fingerprint density at radius 3 is 2.47 bits per heavy atom. The second-order valence-corrected chi connectivity index (χ2v) is 11.0. The van der Waals surface area contributed by atoms with Crippen LogP contribution in [-0.2, 0) is 16.8 Å². The van der Waals surface area contributed by atoms with Crippen LogP contribution in [0.5, 0.6) is 5.75 Å². The molecule has 3 heteroatoms. The maximum absolute atomic E-state index is 12.5. The Balaban J connectivity index is 0.00000222. The Morgan fingerprint density at radius 2 is 1.81 bits per heavy atom. The van der Waals surface area contributed by atoms with Crippen molar-refractivity contribution >= 4 is 5.78 Å². The first-order valence-electron chi connectivity index (χ1n) is 13.8. The van der Waals surface area contributed by atoms with Gasteiger partial charge >= 0.3 is 0 Å². The summed E-state index contributed by atoms with van der Waals surface area (Å²) >= 11 is 0. The first-order valence-corrected chi connectivity index (χ1v) is 13.8. The topological polar surface area (TPSA) is 46.5 Å². The van der Waals surface area contributed by atoms with Gasteiger partial charge in [0.05, 0.1) is 6.10 Å². The monoisotopic (exact) mass is 492 g/mol. The maximum Gasteiger partial charge on any atom is 0.133 e. The van der Waals surface area contributed by atoms with Crippen LogP contribution in [-0.4, -0.2) is 17.0 Å². The van der Waals surface area contributed by atoms with E-state index in [9.17, 15) is 9.90 Å². The highest BCUT2D eigenvalue weighted by Gasteiger charge is 2.34. The number of hydrogen-bond acceptors (Lipinski definition) is 3. The van der Waals surface area contributed by atoms with E-state index in [1.54, 1.807) is 0 Å². The first-order chi connectivity index (χ1) is 17.3. The molecule has 0 heterocycles. The summed E-state index contributed by atoms with van der Waals surface area (Å²) in [5.74, 6) is 1.62. The molecule has 2 aromatic carbocycles. The van der Waals surface area contributed by atoms with Gasteiger partial charge in [0.1, 0.15) is 18.1 Å². The van der Waals surface area contributed by atoms with Gasteiger partial charge in [-0.3, -0.25) is 4.79 Å². The summed E-state index contributed by atoms with van der Waals surface area (Å²) in [4.78, 5) is 12.5. The lowest BCUT2D eigenvalue weighted by Crippen LogP contribution is -2.27. The minimum atomic E-state index is -0.365.